The molecule has 0 aliphatic heterocycles. The van der Waals surface area contributed by atoms with Gasteiger partial charge in [0, 0.05) is 18.6 Å². The lowest BCUT2D eigenvalue weighted by Gasteiger charge is -2.01. The van der Waals surface area contributed by atoms with Crippen LogP contribution in [0.15, 0.2) is 12.2 Å². The highest BCUT2D eigenvalue weighted by Crippen LogP contribution is 2.10. The molecule has 0 spiro atoms. The third-order valence-electron chi connectivity index (χ3n) is 3.15. The van der Waals surface area contributed by atoms with Gasteiger partial charge in [-0.1, -0.05) is 64.7 Å². The average molecular weight is 329 g/mol. The summed E-state index contributed by atoms with van der Waals surface area (Å²) in [6.07, 6.45) is 14.7. The number of nitrogens with two attached hydrogens (primary N) is 1. The molecule has 0 aromatic rings. The lowest BCUT2D eigenvalue weighted by Crippen LogP contribution is -2.09. The molecule has 23 heavy (non-hydrogen) atoms. The van der Waals surface area contributed by atoms with Gasteiger partial charge in [-0.15, -0.1) is 0 Å². The summed E-state index contributed by atoms with van der Waals surface area (Å²) in [7, 11) is 0. The number of carboxylic acid groups (broad SMARTS) is 2. The fourth-order valence-electron chi connectivity index (χ4n) is 1.93. The second kappa shape index (κ2) is 18.2. The maximum atomic E-state index is 10.5. The molecule has 6 nitrogen and oxygen atoms in total. The van der Waals surface area contributed by atoms with Gasteiger partial charge in [0.15, 0.2) is 0 Å². The molecule has 1 amide bonds. The van der Waals surface area contributed by atoms with E-state index < -0.39 is 11.9 Å². The van der Waals surface area contributed by atoms with E-state index in [-0.39, 0.29) is 5.91 Å². The zero-order chi connectivity index (χ0) is 17.9. The van der Waals surface area contributed by atoms with Crippen LogP contribution in [0.5, 0.6) is 0 Å². The Balaban J connectivity index is 0. The monoisotopic (exact) mass is 329 g/mol. The summed E-state index contributed by atoms with van der Waals surface area (Å²) < 4.78 is 0. The molecule has 0 aliphatic carbocycles. The lowest BCUT2D eigenvalue weighted by molar-refractivity contribution is -0.134. The second-order valence-electron chi connectivity index (χ2n) is 5.41. The Bertz CT molecular complexity index is 337. The van der Waals surface area contributed by atoms with Crippen LogP contribution in [0, 0.1) is 0 Å². The number of amides is 1. The van der Waals surface area contributed by atoms with Crippen molar-refractivity contribution in [2.24, 2.45) is 5.73 Å². The van der Waals surface area contributed by atoms with Crippen LogP contribution in [0.1, 0.15) is 77.6 Å². The Kier molecular flexibility index (Phi) is 18.5. The molecule has 6 heteroatoms. The Hall–Kier alpha value is -1.85. The quantitative estimate of drug-likeness (QED) is 0.353. The Morgan fingerprint density at radius 2 is 1.09 bits per heavy atom. The molecular formula is C17H31NO5. The van der Waals surface area contributed by atoms with Crippen LogP contribution in [0.4, 0.5) is 0 Å². The molecule has 0 rings (SSSR count). The van der Waals surface area contributed by atoms with Crippen LogP contribution in [0.2, 0.25) is 0 Å². The third kappa shape index (κ3) is 28.9. The predicted molar refractivity (Wildman–Crippen MR) is 90.1 cm³/mol. The van der Waals surface area contributed by atoms with E-state index in [0.29, 0.717) is 18.6 Å². The number of aliphatic carboxylic acids is 2. The van der Waals surface area contributed by atoms with Crippen LogP contribution < -0.4 is 5.73 Å². The van der Waals surface area contributed by atoms with Crippen molar-refractivity contribution in [1.82, 2.24) is 0 Å². The van der Waals surface area contributed by atoms with E-state index >= 15 is 0 Å². The largest absolute Gasteiger partial charge is 0.478 e. The Morgan fingerprint density at radius 3 is 1.39 bits per heavy atom. The molecule has 0 atom stereocenters. The first-order valence-corrected chi connectivity index (χ1v) is 8.32. The highest BCUT2D eigenvalue weighted by Gasteiger charge is 1.95. The van der Waals surface area contributed by atoms with Crippen molar-refractivity contribution in [2.45, 2.75) is 77.6 Å². The van der Waals surface area contributed by atoms with Crippen molar-refractivity contribution in [3.05, 3.63) is 12.2 Å². The normalized spacial score (nSPS) is 10.1. The first kappa shape index (κ1) is 23.4. The molecular weight excluding hydrogens is 298 g/mol. The molecule has 0 radical (unpaired) electrons. The number of rotatable bonds is 13. The average Bonchev–Trinajstić information content (AvgIpc) is 2.47. The van der Waals surface area contributed by atoms with E-state index in [1.54, 1.807) is 0 Å². The van der Waals surface area contributed by atoms with E-state index in [1.807, 2.05) is 0 Å². The second-order valence-corrected chi connectivity index (χ2v) is 5.41. The van der Waals surface area contributed by atoms with Gasteiger partial charge >= 0.3 is 11.9 Å². The van der Waals surface area contributed by atoms with E-state index in [0.717, 1.165) is 12.8 Å². The van der Waals surface area contributed by atoms with Crippen molar-refractivity contribution in [1.29, 1.82) is 0 Å². The molecule has 0 fully saturated rings. The zero-order valence-corrected chi connectivity index (χ0v) is 14.1. The maximum Gasteiger partial charge on any atom is 0.328 e. The predicted octanol–water partition coefficient (Wildman–Crippen LogP) is 3.49. The lowest BCUT2D eigenvalue weighted by atomic mass is 10.1. The summed E-state index contributed by atoms with van der Waals surface area (Å²) in [4.78, 5) is 29.6. The molecule has 0 aliphatic rings. The number of carboxylic acids is 2. The van der Waals surface area contributed by atoms with Gasteiger partial charge < -0.3 is 15.9 Å². The summed E-state index contributed by atoms with van der Waals surface area (Å²) in [5.41, 5.74) is 5.06. The molecule has 0 saturated carbocycles. The fraction of sp³-hybridized carbons (Fsp3) is 0.706. The molecule has 0 aromatic heterocycles. The Morgan fingerprint density at radius 1 is 0.739 bits per heavy atom. The molecule has 4 N–H and O–H groups in total. The summed E-state index contributed by atoms with van der Waals surface area (Å²) in [6, 6.07) is 0. The topological polar surface area (TPSA) is 118 Å². The number of carbonyl (C=O) groups excluding carboxylic acids is 1. The zero-order valence-electron chi connectivity index (χ0n) is 14.1. The number of hydrogen-bond donors (Lipinski definition) is 3. The van der Waals surface area contributed by atoms with Gasteiger partial charge in [-0.25, -0.2) is 9.59 Å². The van der Waals surface area contributed by atoms with Gasteiger partial charge in [0.2, 0.25) is 5.91 Å². The van der Waals surface area contributed by atoms with Crippen molar-refractivity contribution >= 4 is 17.8 Å². The molecule has 0 saturated heterocycles. The smallest absolute Gasteiger partial charge is 0.328 e. The summed E-state index contributed by atoms with van der Waals surface area (Å²) in [5, 5.41) is 15.6. The van der Waals surface area contributed by atoms with Crippen molar-refractivity contribution in [3.8, 4) is 0 Å². The molecule has 0 bridgehead atoms. The van der Waals surface area contributed by atoms with Crippen molar-refractivity contribution in [2.75, 3.05) is 0 Å². The number of primary amides is 1. The van der Waals surface area contributed by atoms with Gasteiger partial charge in [-0.05, 0) is 6.42 Å². The summed E-state index contributed by atoms with van der Waals surface area (Å²) in [6.45, 7) is 2.25. The summed E-state index contributed by atoms with van der Waals surface area (Å²) in [5.74, 6) is -2.67. The SMILES string of the molecule is CCCCCCCCCCCCC(N)=O.O=C(O)/C=C\C(=O)O. The Labute approximate surface area is 138 Å². The minimum absolute atomic E-state index is 0.158. The van der Waals surface area contributed by atoms with Gasteiger partial charge in [0.1, 0.15) is 0 Å². The third-order valence-corrected chi connectivity index (χ3v) is 3.15. The van der Waals surface area contributed by atoms with Crippen molar-refractivity contribution in [3.63, 3.8) is 0 Å². The van der Waals surface area contributed by atoms with E-state index in [9.17, 15) is 14.4 Å². The summed E-state index contributed by atoms with van der Waals surface area (Å²) >= 11 is 0. The molecule has 0 heterocycles. The van der Waals surface area contributed by atoms with Gasteiger partial charge in [-0.3, -0.25) is 4.79 Å². The fourth-order valence-corrected chi connectivity index (χ4v) is 1.93. The van der Waals surface area contributed by atoms with Gasteiger partial charge in [-0.2, -0.15) is 0 Å². The highest BCUT2D eigenvalue weighted by molar-refractivity contribution is 5.89. The highest BCUT2D eigenvalue weighted by atomic mass is 16.4. The maximum absolute atomic E-state index is 10.5. The molecule has 0 unspecified atom stereocenters. The van der Waals surface area contributed by atoms with Gasteiger partial charge in [0.25, 0.3) is 0 Å². The molecule has 0 aromatic carbocycles. The van der Waals surface area contributed by atoms with E-state index in [4.69, 9.17) is 15.9 Å². The van der Waals surface area contributed by atoms with Crippen LogP contribution in [0.3, 0.4) is 0 Å². The van der Waals surface area contributed by atoms with Crippen LogP contribution in [-0.2, 0) is 14.4 Å². The van der Waals surface area contributed by atoms with E-state index in [2.05, 4.69) is 6.92 Å². The van der Waals surface area contributed by atoms with E-state index in [1.165, 1.54) is 51.4 Å². The first-order valence-electron chi connectivity index (χ1n) is 8.32. The van der Waals surface area contributed by atoms with Crippen LogP contribution in [0.25, 0.3) is 0 Å². The molecule has 134 valence electrons. The van der Waals surface area contributed by atoms with Crippen LogP contribution >= 0.6 is 0 Å². The number of hydrogen-bond acceptors (Lipinski definition) is 3. The van der Waals surface area contributed by atoms with Crippen molar-refractivity contribution < 1.29 is 24.6 Å². The number of carbonyl (C=O) groups is 3. The first-order chi connectivity index (χ1) is 10.9. The number of unbranched alkanes of at least 4 members (excludes halogenated alkanes) is 9. The minimum Gasteiger partial charge on any atom is -0.478 e. The van der Waals surface area contributed by atoms with Crippen LogP contribution in [-0.4, -0.2) is 28.1 Å². The minimum atomic E-state index is -1.26. The van der Waals surface area contributed by atoms with Gasteiger partial charge in [0.05, 0.1) is 0 Å². The standard InChI is InChI=1S/C13H27NO.C4H4O4/c1-2-3-4-5-6-7-8-9-10-11-12-13(14)15;5-3(6)1-2-4(7)8/h2-12H2,1H3,(H2,14,15);1-2H,(H,5,6)(H,7,8)/b;2-1-.